The van der Waals surface area contributed by atoms with E-state index in [0.29, 0.717) is 12.2 Å². The molecule has 3 amide bonds. The van der Waals surface area contributed by atoms with Crippen molar-refractivity contribution in [2.75, 3.05) is 19.4 Å². The van der Waals surface area contributed by atoms with Crippen molar-refractivity contribution in [3.05, 3.63) is 41.7 Å². The van der Waals surface area contributed by atoms with Gasteiger partial charge in [-0.2, -0.15) is 5.10 Å². The topological polar surface area (TPSA) is 92.2 Å². The van der Waals surface area contributed by atoms with Gasteiger partial charge in [0.05, 0.1) is 18.2 Å². The molecule has 1 aromatic heterocycles. The minimum atomic E-state index is -0.629. The molecule has 0 bridgehead atoms. The first-order valence-electron chi connectivity index (χ1n) is 7.89. The van der Waals surface area contributed by atoms with Crippen LogP contribution in [0.4, 0.5) is 14.9 Å². The maximum absolute atomic E-state index is 13.8. The molecule has 2 N–H and O–H groups in total. The molecule has 0 fully saturated rings. The summed E-state index contributed by atoms with van der Waals surface area (Å²) in [5.41, 5.74) is 0.258. The SMILES string of the molecule is CN(C)C(=O)c1cc(NC(=O)NC2CCc3ncnn3C2)ccc1F. The zero-order valence-electron chi connectivity index (χ0n) is 14.0. The number of nitrogens with one attached hydrogen (secondary N) is 2. The molecule has 132 valence electrons. The van der Waals surface area contributed by atoms with Crippen LogP contribution in [0.2, 0.25) is 0 Å². The molecule has 2 heterocycles. The second kappa shape index (κ2) is 6.88. The number of rotatable bonds is 3. The number of aryl methyl sites for hydroxylation is 1. The van der Waals surface area contributed by atoms with Crippen LogP contribution < -0.4 is 10.6 Å². The number of amides is 3. The Morgan fingerprint density at radius 1 is 1.36 bits per heavy atom. The van der Waals surface area contributed by atoms with Crippen LogP contribution in [-0.4, -0.2) is 51.7 Å². The molecule has 0 saturated carbocycles. The fourth-order valence-electron chi connectivity index (χ4n) is 2.72. The Morgan fingerprint density at radius 3 is 2.92 bits per heavy atom. The van der Waals surface area contributed by atoms with Crippen LogP contribution in [0.25, 0.3) is 0 Å². The van der Waals surface area contributed by atoms with E-state index in [9.17, 15) is 14.0 Å². The second-order valence-corrected chi connectivity index (χ2v) is 6.09. The standard InChI is InChI=1S/C16H19FN6O2/c1-22(2)15(24)12-7-10(3-5-13(12)17)20-16(25)21-11-4-6-14-18-9-19-23(14)8-11/h3,5,7,9,11H,4,6,8H2,1-2H3,(H2,20,21,25). The van der Waals surface area contributed by atoms with Crippen LogP contribution >= 0.6 is 0 Å². The van der Waals surface area contributed by atoms with Crippen LogP contribution in [0.15, 0.2) is 24.5 Å². The van der Waals surface area contributed by atoms with Gasteiger partial charge in [0.1, 0.15) is 18.0 Å². The summed E-state index contributed by atoms with van der Waals surface area (Å²) in [5, 5.41) is 9.60. The number of urea groups is 1. The van der Waals surface area contributed by atoms with Crippen molar-refractivity contribution >= 4 is 17.6 Å². The Hall–Kier alpha value is -2.97. The first-order valence-corrected chi connectivity index (χ1v) is 7.89. The highest BCUT2D eigenvalue weighted by Crippen LogP contribution is 2.17. The van der Waals surface area contributed by atoms with Crippen LogP contribution in [0, 0.1) is 5.82 Å². The molecule has 1 aromatic carbocycles. The Bertz CT molecular complexity index is 804. The molecule has 1 atom stereocenters. The monoisotopic (exact) mass is 346 g/mol. The number of anilines is 1. The maximum atomic E-state index is 13.8. The van der Waals surface area contributed by atoms with Crippen molar-refractivity contribution in [2.45, 2.75) is 25.4 Å². The van der Waals surface area contributed by atoms with Gasteiger partial charge in [-0.05, 0) is 24.6 Å². The molecule has 0 spiro atoms. The summed E-state index contributed by atoms with van der Waals surface area (Å²) < 4.78 is 15.6. The number of hydrogen-bond acceptors (Lipinski definition) is 4. The van der Waals surface area contributed by atoms with E-state index in [2.05, 4.69) is 20.7 Å². The first kappa shape index (κ1) is 16.9. The van der Waals surface area contributed by atoms with E-state index in [0.717, 1.165) is 24.7 Å². The van der Waals surface area contributed by atoms with E-state index in [1.54, 1.807) is 4.68 Å². The normalized spacial score (nSPS) is 16.0. The van der Waals surface area contributed by atoms with Gasteiger partial charge in [0, 0.05) is 26.2 Å². The van der Waals surface area contributed by atoms with E-state index in [-0.39, 0.29) is 11.6 Å². The largest absolute Gasteiger partial charge is 0.345 e. The van der Waals surface area contributed by atoms with Gasteiger partial charge >= 0.3 is 6.03 Å². The van der Waals surface area contributed by atoms with Gasteiger partial charge in [0.2, 0.25) is 0 Å². The molecular formula is C16H19FN6O2. The van der Waals surface area contributed by atoms with Gasteiger partial charge in [-0.3, -0.25) is 4.79 Å². The molecule has 0 aliphatic carbocycles. The number of aromatic nitrogens is 3. The molecule has 1 aliphatic rings. The van der Waals surface area contributed by atoms with Gasteiger partial charge in [0.25, 0.3) is 5.91 Å². The van der Waals surface area contributed by atoms with Gasteiger partial charge in [0.15, 0.2) is 0 Å². The van der Waals surface area contributed by atoms with Crippen LogP contribution in [0.1, 0.15) is 22.6 Å². The smallest absolute Gasteiger partial charge is 0.319 e. The van der Waals surface area contributed by atoms with Gasteiger partial charge < -0.3 is 15.5 Å². The second-order valence-electron chi connectivity index (χ2n) is 6.09. The zero-order chi connectivity index (χ0) is 18.0. The highest BCUT2D eigenvalue weighted by Gasteiger charge is 2.21. The molecule has 0 saturated heterocycles. The van der Waals surface area contributed by atoms with Crippen molar-refractivity contribution in [1.82, 2.24) is 25.0 Å². The average Bonchev–Trinajstić information content (AvgIpc) is 3.03. The van der Waals surface area contributed by atoms with Crippen LogP contribution in [0.3, 0.4) is 0 Å². The average molecular weight is 346 g/mol. The number of carbonyl (C=O) groups is 2. The molecule has 25 heavy (non-hydrogen) atoms. The quantitative estimate of drug-likeness (QED) is 0.875. The summed E-state index contributed by atoms with van der Waals surface area (Å²) in [5.74, 6) is -0.188. The fourth-order valence-corrected chi connectivity index (χ4v) is 2.72. The number of nitrogens with zero attached hydrogens (tertiary/aromatic N) is 4. The molecule has 8 nitrogen and oxygen atoms in total. The minimum absolute atomic E-state index is 0.0717. The van der Waals surface area contributed by atoms with Crippen LogP contribution in [-0.2, 0) is 13.0 Å². The van der Waals surface area contributed by atoms with Crippen molar-refractivity contribution in [2.24, 2.45) is 0 Å². The molecule has 3 rings (SSSR count). The Morgan fingerprint density at radius 2 is 2.16 bits per heavy atom. The number of carbonyl (C=O) groups excluding carboxylic acids is 2. The molecular weight excluding hydrogens is 327 g/mol. The maximum Gasteiger partial charge on any atom is 0.319 e. The third-order valence-corrected chi connectivity index (χ3v) is 4.00. The zero-order valence-corrected chi connectivity index (χ0v) is 14.0. The predicted molar refractivity (Wildman–Crippen MR) is 88.7 cm³/mol. The lowest BCUT2D eigenvalue weighted by Crippen LogP contribution is -2.43. The summed E-state index contributed by atoms with van der Waals surface area (Å²) in [6.07, 6.45) is 3.00. The fraction of sp³-hybridized carbons (Fsp3) is 0.375. The number of hydrogen-bond donors (Lipinski definition) is 2. The van der Waals surface area contributed by atoms with Crippen molar-refractivity contribution in [3.63, 3.8) is 0 Å². The van der Waals surface area contributed by atoms with Crippen molar-refractivity contribution in [1.29, 1.82) is 0 Å². The third-order valence-electron chi connectivity index (χ3n) is 4.00. The highest BCUT2D eigenvalue weighted by molar-refractivity contribution is 5.96. The predicted octanol–water partition coefficient (Wildman–Crippen LogP) is 1.26. The Kier molecular flexibility index (Phi) is 4.64. The lowest BCUT2D eigenvalue weighted by Gasteiger charge is -2.23. The van der Waals surface area contributed by atoms with E-state index >= 15 is 0 Å². The van der Waals surface area contributed by atoms with Gasteiger partial charge in [-0.25, -0.2) is 18.9 Å². The molecule has 9 heteroatoms. The Labute approximate surface area is 144 Å². The lowest BCUT2D eigenvalue weighted by molar-refractivity contribution is 0.0823. The summed E-state index contributed by atoms with van der Waals surface area (Å²) in [6.45, 7) is 0.552. The van der Waals surface area contributed by atoms with Gasteiger partial charge in [-0.15, -0.1) is 0 Å². The number of benzene rings is 1. The molecule has 1 unspecified atom stereocenters. The van der Waals surface area contributed by atoms with E-state index < -0.39 is 17.8 Å². The summed E-state index contributed by atoms with van der Waals surface area (Å²) in [6, 6.07) is 3.42. The minimum Gasteiger partial charge on any atom is -0.345 e. The Balaban J connectivity index is 1.63. The number of halogens is 1. The number of fused-ring (bicyclic) bond motifs is 1. The summed E-state index contributed by atoms with van der Waals surface area (Å²) >= 11 is 0. The lowest BCUT2D eigenvalue weighted by atomic mass is 10.1. The first-order chi connectivity index (χ1) is 11.9. The molecule has 0 radical (unpaired) electrons. The van der Waals surface area contributed by atoms with E-state index in [4.69, 9.17) is 0 Å². The van der Waals surface area contributed by atoms with Crippen LogP contribution in [0.5, 0.6) is 0 Å². The van der Waals surface area contributed by atoms with Crippen molar-refractivity contribution in [3.8, 4) is 0 Å². The van der Waals surface area contributed by atoms with E-state index in [1.807, 2.05) is 0 Å². The summed E-state index contributed by atoms with van der Waals surface area (Å²) in [4.78, 5) is 29.5. The third kappa shape index (κ3) is 3.76. The highest BCUT2D eigenvalue weighted by atomic mass is 19.1. The summed E-state index contributed by atoms with van der Waals surface area (Å²) in [7, 11) is 3.08. The molecule has 2 aromatic rings. The van der Waals surface area contributed by atoms with Gasteiger partial charge in [-0.1, -0.05) is 0 Å². The van der Waals surface area contributed by atoms with E-state index in [1.165, 1.54) is 37.5 Å². The molecule has 1 aliphatic heterocycles. The van der Waals surface area contributed by atoms with Crippen molar-refractivity contribution < 1.29 is 14.0 Å².